The van der Waals surface area contributed by atoms with Gasteiger partial charge in [0, 0.05) is 5.39 Å². The normalized spacial score (nSPS) is 12.5. The maximum absolute atomic E-state index is 13.3. The van der Waals surface area contributed by atoms with Crippen molar-refractivity contribution in [2.45, 2.75) is 33.4 Å². The van der Waals surface area contributed by atoms with Crippen molar-refractivity contribution in [2.24, 2.45) is 5.41 Å². The highest BCUT2D eigenvalue weighted by molar-refractivity contribution is 6.07. The van der Waals surface area contributed by atoms with E-state index in [0.29, 0.717) is 17.6 Å². The van der Waals surface area contributed by atoms with Crippen molar-refractivity contribution in [3.63, 3.8) is 0 Å². The van der Waals surface area contributed by atoms with Gasteiger partial charge >= 0.3 is 0 Å². The lowest BCUT2D eigenvalue weighted by molar-refractivity contribution is -0.120. The van der Waals surface area contributed by atoms with Crippen LogP contribution in [0.15, 0.2) is 65.5 Å². The second-order valence-electron chi connectivity index (χ2n) is 8.82. The summed E-state index contributed by atoms with van der Waals surface area (Å²) >= 11 is 0. The summed E-state index contributed by atoms with van der Waals surface area (Å²) in [6, 6.07) is 12.6. The number of anilines is 1. The van der Waals surface area contributed by atoms with Crippen molar-refractivity contribution in [1.29, 1.82) is 0 Å². The van der Waals surface area contributed by atoms with Crippen LogP contribution in [0.5, 0.6) is 0 Å². The molecule has 2 aromatic heterocycles. The van der Waals surface area contributed by atoms with E-state index in [-0.39, 0.29) is 11.5 Å². The van der Waals surface area contributed by atoms with Crippen molar-refractivity contribution in [3.05, 3.63) is 78.1 Å². The van der Waals surface area contributed by atoms with E-state index in [9.17, 15) is 14.0 Å². The minimum absolute atomic E-state index is 0.208. The molecule has 0 spiro atoms. The first-order valence-corrected chi connectivity index (χ1v) is 10.4. The van der Waals surface area contributed by atoms with Crippen molar-refractivity contribution < 1.29 is 18.5 Å². The molecule has 1 atom stereocenters. The monoisotopic (exact) mass is 449 g/mol. The number of hydrogen-bond donors (Lipinski definition) is 2. The maximum Gasteiger partial charge on any atom is 0.273 e. The van der Waals surface area contributed by atoms with Crippen LogP contribution in [0.3, 0.4) is 0 Å². The number of rotatable bonds is 6. The molecule has 2 N–H and O–H groups in total. The van der Waals surface area contributed by atoms with Crippen LogP contribution in [0.4, 0.5) is 10.1 Å². The van der Waals surface area contributed by atoms with E-state index >= 15 is 0 Å². The maximum atomic E-state index is 13.3. The summed E-state index contributed by atoms with van der Waals surface area (Å²) in [5.74, 6) is -1.18. The predicted octanol–water partition coefficient (Wildman–Crippen LogP) is 3.99. The van der Waals surface area contributed by atoms with Crippen molar-refractivity contribution >= 4 is 28.4 Å². The fraction of sp³-hybridized carbons (Fsp3) is 0.250. The molecule has 0 fully saturated rings. The highest BCUT2D eigenvalue weighted by atomic mass is 19.1. The number of fused-ring (bicyclic) bond motifs is 1. The molecule has 0 aliphatic rings. The van der Waals surface area contributed by atoms with Crippen LogP contribution in [-0.2, 0) is 11.3 Å². The van der Waals surface area contributed by atoms with Gasteiger partial charge in [0.15, 0.2) is 5.69 Å². The van der Waals surface area contributed by atoms with Crippen molar-refractivity contribution in [1.82, 2.24) is 20.3 Å². The third-order valence-corrected chi connectivity index (χ3v) is 5.22. The highest BCUT2D eigenvalue weighted by Gasteiger charge is 2.34. The molecule has 9 heteroatoms. The van der Waals surface area contributed by atoms with E-state index in [1.165, 1.54) is 24.6 Å². The first-order chi connectivity index (χ1) is 15.7. The van der Waals surface area contributed by atoms with E-state index in [4.69, 9.17) is 4.52 Å². The lowest BCUT2D eigenvalue weighted by atomic mass is 9.86. The van der Waals surface area contributed by atoms with Gasteiger partial charge in [0.2, 0.25) is 5.91 Å². The zero-order valence-electron chi connectivity index (χ0n) is 18.5. The summed E-state index contributed by atoms with van der Waals surface area (Å²) in [5.41, 5.74) is 1.63. The highest BCUT2D eigenvalue weighted by Crippen LogP contribution is 2.24. The second-order valence-corrected chi connectivity index (χ2v) is 8.82. The van der Waals surface area contributed by atoms with Crippen LogP contribution in [-0.4, -0.2) is 32.8 Å². The fourth-order valence-electron chi connectivity index (χ4n) is 3.53. The molecule has 0 saturated carbocycles. The molecule has 0 saturated heterocycles. The molecular formula is C24H24FN5O3. The number of nitrogens with one attached hydrogen (secondary N) is 2. The zero-order chi connectivity index (χ0) is 23.6. The van der Waals surface area contributed by atoms with E-state index in [1.807, 2.05) is 45.0 Å². The Kier molecular flexibility index (Phi) is 5.95. The standard InChI is InChI=1S/C24H24FN5O3/c1-24(2,3)21(23(32)27-17-12-26-33-14-17)28-22(31)20-18-6-4-5-7-19(18)30(29-20)13-15-8-10-16(25)11-9-15/h4-12,14,21H,13H2,1-3H3,(H,27,32)(H,28,31)/t21-/m1/s1. The lowest BCUT2D eigenvalue weighted by Crippen LogP contribution is -2.51. The molecule has 2 aromatic carbocycles. The number of para-hydroxylation sites is 1. The number of halogens is 1. The SMILES string of the molecule is CC(C)(C)[C@H](NC(=O)c1nn(Cc2ccc(F)cc2)c2ccccc12)C(=O)Nc1cnoc1. The number of aromatic nitrogens is 3. The number of nitrogens with zero attached hydrogens (tertiary/aromatic N) is 3. The van der Waals surface area contributed by atoms with Gasteiger partial charge in [0.1, 0.15) is 23.8 Å². The molecule has 0 aliphatic heterocycles. The fourth-order valence-corrected chi connectivity index (χ4v) is 3.53. The largest absolute Gasteiger partial charge is 0.363 e. The molecule has 0 aliphatic carbocycles. The van der Waals surface area contributed by atoms with Gasteiger partial charge in [-0.25, -0.2) is 4.39 Å². The van der Waals surface area contributed by atoms with Gasteiger partial charge in [-0.15, -0.1) is 0 Å². The first kappa shape index (κ1) is 22.2. The molecule has 0 bridgehead atoms. The van der Waals surface area contributed by atoms with Gasteiger partial charge in [-0.05, 0) is 29.2 Å². The smallest absolute Gasteiger partial charge is 0.273 e. The molecule has 170 valence electrons. The third-order valence-electron chi connectivity index (χ3n) is 5.22. The molecule has 4 aromatic rings. The van der Waals surface area contributed by atoms with Crippen LogP contribution in [0, 0.1) is 11.2 Å². The van der Waals surface area contributed by atoms with Crippen LogP contribution in [0.1, 0.15) is 36.8 Å². The lowest BCUT2D eigenvalue weighted by Gasteiger charge is -2.29. The van der Waals surface area contributed by atoms with Gasteiger partial charge in [-0.3, -0.25) is 14.3 Å². The van der Waals surface area contributed by atoms with Gasteiger partial charge in [-0.1, -0.05) is 56.3 Å². The van der Waals surface area contributed by atoms with Gasteiger partial charge in [0.05, 0.1) is 18.3 Å². The Balaban J connectivity index is 1.62. The molecule has 2 heterocycles. The summed E-state index contributed by atoms with van der Waals surface area (Å²) in [4.78, 5) is 26.2. The Bertz CT molecular complexity index is 1270. The summed E-state index contributed by atoms with van der Waals surface area (Å²) in [6.45, 7) is 5.94. The quantitative estimate of drug-likeness (QED) is 0.463. The summed E-state index contributed by atoms with van der Waals surface area (Å²) in [6.07, 6.45) is 2.69. The summed E-state index contributed by atoms with van der Waals surface area (Å²) < 4.78 is 19.7. The van der Waals surface area contributed by atoms with Gasteiger partial charge in [-0.2, -0.15) is 5.10 Å². The Morgan fingerprint density at radius 3 is 2.52 bits per heavy atom. The molecule has 8 nitrogen and oxygen atoms in total. The first-order valence-electron chi connectivity index (χ1n) is 10.4. The number of hydrogen-bond acceptors (Lipinski definition) is 5. The number of benzene rings is 2. The van der Waals surface area contributed by atoms with E-state index < -0.39 is 23.3 Å². The second kappa shape index (κ2) is 8.85. The van der Waals surface area contributed by atoms with Crippen LogP contribution in [0.25, 0.3) is 10.9 Å². The van der Waals surface area contributed by atoms with Crippen molar-refractivity contribution in [2.75, 3.05) is 5.32 Å². The van der Waals surface area contributed by atoms with Crippen LogP contribution in [0.2, 0.25) is 0 Å². The number of carbonyl (C=O) groups excluding carboxylic acids is 2. The molecular weight excluding hydrogens is 425 g/mol. The predicted molar refractivity (Wildman–Crippen MR) is 121 cm³/mol. The average molecular weight is 449 g/mol. The van der Waals surface area contributed by atoms with Crippen LogP contribution < -0.4 is 10.6 Å². The Labute approximate surface area is 189 Å². The molecule has 0 unspecified atom stereocenters. The summed E-state index contributed by atoms with van der Waals surface area (Å²) in [5, 5.41) is 14.3. The molecule has 33 heavy (non-hydrogen) atoms. The van der Waals surface area contributed by atoms with Crippen molar-refractivity contribution in [3.8, 4) is 0 Å². The van der Waals surface area contributed by atoms with Crippen LogP contribution >= 0.6 is 0 Å². The Hall–Kier alpha value is -4.01. The topological polar surface area (TPSA) is 102 Å². The Morgan fingerprint density at radius 1 is 1.12 bits per heavy atom. The molecule has 4 rings (SSSR count). The zero-order valence-corrected chi connectivity index (χ0v) is 18.5. The van der Waals surface area contributed by atoms with E-state index in [1.54, 1.807) is 16.8 Å². The number of amides is 2. The Morgan fingerprint density at radius 2 is 1.85 bits per heavy atom. The third kappa shape index (κ3) is 4.92. The van der Waals surface area contributed by atoms with Gasteiger partial charge in [0.25, 0.3) is 5.91 Å². The summed E-state index contributed by atoms with van der Waals surface area (Å²) in [7, 11) is 0. The minimum atomic E-state index is -0.846. The average Bonchev–Trinajstić information content (AvgIpc) is 3.41. The number of carbonyl (C=O) groups is 2. The van der Waals surface area contributed by atoms with E-state index in [2.05, 4.69) is 20.9 Å². The van der Waals surface area contributed by atoms with E-state index in [0.717, 1.165) is 11.1 Å². The molecule has 2 amide bonds. The minimum Gasteiger partial charge on any atom is -0.363 e. The van der Waals surface area contributed by atoms with Gasteiger partial charge < -0.3 is 15.2 Å². The molecule has 0 radical (unpaired) electrons.